The monoisotopic (exact) mass is 916 g/mol. The largest absolute Gasteiger partial charge is 0.506 e. The van der Waals surface area contributed by atoms with Crippen molar-refractivity contribution in [3.63, 3.8) is 0 Å². The molecule has 2 fully saturated rings. The Morgan fingerprint density at radius 2 is 1.79 bits per heavy atom. The quantitative estimate of drug-likeness (QED) is 0.0594. The van der Waals surface area contributed by atoms with E-state index in [2.05, 4.69) is 65.6 Å². The van der Waals surface area contributed by atoms with E-state index in [1.807, 2.05) is 21.2 Å². The van der Waals surface area contributed by atoms with Crippen LogP contribution in [0.4, 0.5) is 5.69 Å². The van der Waals surface area contributed by atoms with Crippen molar-refractivity contribution in [3.05, 3.63) is 69.2 Å². The minimum Gasteiger partial charge on any atom is -0.506 e. The Balaban J connectivity index is 0.00000141. The first-order chi connectivity index (χ1) is 30.1. The van der Waals surface area contributed by atoms with E-state index >= 15 is 0 Å². The molecule has 3 amide bonds. The molecule has 0 unspecified atom stereocenters. The molecule has 2 aromatic carbocycles. The normalized spacial score (nSPS) is 16.2. The average molecular weight is 917 g/mol. The van der Waals surface area contributed by atoms with Crippen molar-refractivity contribution in [2.45, 2.75) is 83.7 Å². The van der Waals surface area contributed by atoms with Crippen LogP contribution in [0.1, 0.15) is 91.0 Å². The highest BCUT2D eigenvalue weighted by atomic mass is 32.3. The third kappa shape index (κ3) is 16.1. The van der Waals surface area contributed by atoms with Crippen molar-refractivity contribution < 1.29 is 51.2 Å². The number of likely N-dealkylation sites (tertiary alicyclic amines) is 1. The Morgan fingerprint density at radius 1 is 1.05 bits per heavy atom. The van der Waals surface area contributed by atoms with Crippen LogP contribution in [0.2, 0.25) is 0 Å². The summed E-state index contributed by atoms with van der Waals surface area (Å²) in [6.45, 7) is 14.6. The molecular formula is C44H64N6O11S2. The second-order valence-electron chi connectivity index (χ2n) is 16.5. The van der Waals surface area contributed by atoms with Gasteiger partial charge in [-0.05, 0) is 67.8 Å². The second-order valence-corrected chi connectivity index (χ2v) is 18.3. The molecule has 17 nitrogen and oxygen atoms in total. The van der Waals surface area contributed by atoms with Gasteiger partial charge in [-0.15, -0.1) is 11.3 Å². The van der Waals surface area contributed by atoms with Crippen molar-refractivity contribution in [2.75, 3.05) is 90.6 Å². The lowest BCUT2D eigenvalue weighted by Gasteiger charge is -2.47. The van der Waals surface area contributed by atoms with E-state index in [9.17, 15) is 19.5 Å². The summed E-state index contributed by atoms with van der Waals surface area (Å²) in [5.74, 6) is 0.673. The topological polar surface area (TPSA) is 220 Å². The van der Waals surface area contributed by atoms with Gasteiger partial charge >= 0.3 is 10.4 Å². The summed E-state index contributed by atoms with van der Waals surface area (Å²) in [6, 6.07) is 12.1. The highest BCUT2D eigenvalue weighted by Crippen LogP contribution is 2.39. The number of nitrogens with zero attached hydrogens (tertiary/aromatic N) is 4. The summed E-state index contributed by atoms with van der Waals surface area (Å²) < 4.78 is 49.5. The van der Waals surface area contributed by atoms with Crippen LogP contribution in [0.25, 0.3) is 0 Å². The van der Waals surface area contributed by atoms with Gasteiger partial charge < -0.3 is 44.7 Å². The van der Waals surface area contributed by atoms with E-state index in [0.29, 0.717) is 88.4 Å². The van der Waals surface area contributed by atoms with E-state index in [0.717, 1.165) is 75.3 Å². The number of benzene rings is 2. The summed E-state index contributed by atoms with van der Waals surface area (Å²) in [6.07, 6.45) is 6.58. The molecule has 0 bridgehead atoms. The summed E-state index contributed by atoms with van der Waals surface area (Å²) in [4.78, 5) is 49.1. The molecule has 0 aliphatic carbocycles. The van der Waals surface area contributed by atoms with Crippen LogP contribution in [-0.2, 0) is 48.7 Å². The molecule has 63 heavy (non-hydrogen) atoms. The Hall–Kier alpha value is -4.21. The van der Waals surface area contributed by atoms with Crippen LogP contribution < -0.4 is 15.4 Å². The van der Waals surface area contributed by atoms with E-state index < -0.39 is 10.4 Å². The first-order valence-electron chi connectivity index (χ1n) is 21.9. The molecule has 6 rings (SSSR count). The highest BCUT2D eigenvalue weighted by molar-refractivity contribution is 7.79. The molecule has 3 aliphatic heterocycles. The maximum absolute atomic E-state index is 13.3. The van der Waals surface area contributed by atoms with Gasteiger partial charge in [-0.1, -0.05) is 57.5 Å². The summed E-state index contributed by atoms with van der Waals surface area (Å²) in [5.41, 5.74) is 4.07. The number of phenolic OH excluding ortho intramolecular Hbond substituents is 1. The molecule has 2 saturated heterocycles. The van der Waals surface area contributed by atoms with Gasteiger partial charge in [0.15, 0.2) is 12.4 Å². The van der Waals surface area contributed by atoms with E-state index in [-0.39, 0.29) is 35.7 Å². The lowest BCUT2D eigenvalue weighted by atomic mass is 9.89. The number of hydrogen-bond donors (Lipinski definition) is 5. The lowest BCUT2D eigenvalue weighted by molar-refractivity contribution is -0.132. The molecule has 3 aromatic rings. The van der Waals surface area contributed by atoms with Gasteiger partial charge in [-0.3, -0.25) is 23.5 Å². The van der Waals surface area contributed by atoms with Crippen LogP contribution in [0.3, 0.4) is 0 Å². The van der Waals surface area contributed by atoms with E-state index in [1.165, 1.54) is 11.1 Å². The van der Waals surface area contributed by atoms with Gasteiger partial charge in [0.2, 0.25) is 5.91 Å². The predicted molar refractivity (Wildman–Crippen MR) is 240 cm³/mol. The number of morpholine rings is 1. The van der Waals surface area contributed by atoms with Gasteiger partial charge in [0.1, 0.15) is 17.1 Å². The fourth-order valence-corrected chi connectivity index (χ4v) is 8.65. The fraction of sp³-hybridized carbons (Fsp3) is 0.591. The van der Waals surface area contributed by atoms with Crippen molar-refractivity contribution in [1.82, 2.24) is 25.0 Å². The number of phenols is 1. The number of hydrogen-bond acceptors (Lipinski definition) is 13. The second kappa shape index (κ2) is 24.2. The number of piperidine rings is 1. The lowest BCUT2D eigenvalue weighted by Crippen LogP contribution is -2.58. The summed E-state index contributed by atoms with van der Waals surface area (Å²) >= 11 is 1.57. The van der Waals surface area contributed by atoms with Crippen molar-refractivity contribution in [2.24, 2.45) is 0 Å². The molecule has 0 radical (unpaired) electrons. The van der Waals surface area contributed by atoms with Crippen LogP contribution in [-0.4, -0.2) is 151 Å². The molecule has 348 valence electrons. The molecule has 5 N–H and O–H groups in total. The average Bonchev–Trinajstić information content (AvgIpc) is 3.76. The van der Waals surface area contributed by atoms with Crippen LogP contribution in [0.15, 0.2) is 41.8 Å². The Kier molecular flexibility index (Phi) is 19.1. The van der Waals surface area contributed by atoms with Gasteiger partial charge in [-0.2, -0.15) is 8.42 Å². The predicted octanol–water partition coefficient (Wildman–Crippen LogP) is 4.61. The third-order valence-electron chi connectivity index (χ3n) is 11.3. The zero-order valence-electron chi connectivity index (χ0n) is 36.7. The number of aromatic nitrogens is 1. The Labute approximate surface area is 375 Å². The first kappa shape index (κ1) is 49.8. The Bertz CT molecular complexity index is 2070. The number of thiazole rings is 1. The number of amides is 3. The maximum atomic E-state index is 13.3. The number of rotatable bonds is 20. The summed E-state index contributed by atoms with van der Waals surface area (Å²) in [5, 5.41) is 19.1. The zero-order chi connectivity index (χ0) is 45.4. The number of carbonyl (C=O) groups is 3. The van der Waals surface area contributed by atoms with Gasteiger partial charge in [0, 0.05) is 57.1 Å². The highest BCUT2D eigenvalue weighted by Gasteiger charge is 2.41. The third-order valence-corrected chi connectivity index (χ3v) is 12.5. The molecular weight excluding hydrogens is 853 g/mol. The summed E-state index contributed by atoms with van der Waals surface area (Å²) in [7, 11) is -4.67. The fourth-order valence-electron chi connectivity index (χ4n) is 7.84. The van der Waals surface area contributed by atoms with Crippen molar-refractivity contribution in [3.8, 4) is 11.5 Å². The number of carbonyl (C=O) groups excluding carboxylic acids is 3. The number of nitrogens with one attached hydrogen (secondary N) is 2. The SMILES string of the molecule is CCCCN(CCNCCc1ccc(O)c2c1OCC(=O)N2)C(=O)CCOCCc1cccc(CCN2CCC3(CC2)CN(C(=O)c2csc(C(C)C)n2)CCO3)c1.O=S(=O)(O)O. The molecule has 0 saturated carbocycles. The number of unbranched alkanes of at least 4 members (excludes halogenated alkanes) is 1. The molecule has 3 aliphatic rings. The van der Waals surface area contributed by atoms with Gasteiger partial charge in [0.25, 0.3) is 11.8 Å². The van der Waals surface area contributed by atoms with Crippen molar-refractivity contribution >= 4 is 45.1 Å². The Morgan fingerprint density at radius 3 is 2.51 bits per heavy atom. The zero-order valence-corrected chi connectivity index (χ0v) is 38.3. The van der Waals surface area contributed by atoms with Crippen LogP contribution in [0, 0.1) is 0 Å². The first-order valence-corrected chi connectivity index (χ1v) is 24.1. The maximum Gasteiger partial charge on any atom is 0.394 e. The molecule has 1 spiro atoms. The minimum atomic E-state index is -4.67. The van der Waals surface area contributed by atoms with E-state index in [1.54, 1.807) is 17.4 Å². The number of aromatic hydroxyl groups is 1. The molecule has 4 heterocycles. The minimum absolute atomic E-state index is 0.00926. The number of ether oxygens (including phenoxy) is 3. The van der Waals surface area contributed by atoms with E-state index in [4.69, 9.17) is 31.7 Å². The number of fused-ring (bicyclic) bond motifs is 1. The number of anilines is 1. The smallest absolute Gasteiger partial charge is 0.394 e. The van der Waals surface area contributed by atoms with Crippen LogP contribution in [0.5, 0.6) is 11.5 Å². The van der Waals surface area contributed by atoms with Gasteiger partial charge in [-0.25, -0.2) is 4.98 Å². The van der Waals surface area contributed by atoms with Crippen molar-refractivity contribution in [1.29, 1.82) is 0 Å². The van der Waals surface area contributed by atoms with Crippen LogP contribution >= 0.6 is 11.3 Å². The molecule has 0 atom stereocenters. The standard InChI is InChI=1S/C44H62N6O7S.H2O4S/c1-4-5-19-49(23-18-45-17-11-35-9-10-37(51)40-41(35)56-29-38(52)47-40)39(53)14-26-55-25-13-34-8-6-7-33(28-34)12-20-48-21-15-44(16-22-48)31-50(24-27-57-44)43(54)36-30-58-42(46-36)32(2)3;1-5(2,3)4/h6-10,28,30,32,45,51H,4-5,11-27,29,31H2,1-3H3,(H,47,52);(H2,1,2,3,4). The molecule has 1 aromatic heterocycles. The van der Waals surface area contributed by atoms with Gasteiger partial charge in [0.05, 0.1) is 43.4 Å². The molecule has 19 heteroatoms.